The summed E-state index contributed by atoms with van der Waals surface area (Å²) in [6, 6.07) is 0.331. The van der Waals surface area contributed by atoms with Gasteiger partial charge < -0.3 is 11.1 Å². The SMILES string of the molecule is CCCC(CN)Nc1nnc(C)s1. The van der Waals surface area contributed by atoms with Crippen LogP contribution in [0, 0.1) is 6.92 Å². The molecule has 5 heteroatoms. The summed E-state index contributed by atoms with van der Waals surface area (Å²) in [4.78, 5) is 0. The summed E-state index contributed by atoms with van der Waals surface area (Å²) in [5, 5.41) is 13.0. The Kier molecular flexibility index (Phi) is 4.11. The lowest BCUT2D eigenvalue weighted by Gasteiger charge is -2.13. The minimum Gasteiger partial charge on any atom is -0.356 e. The van der Waals surface area contributed by atoms with Crippen LogP contribution < -0.4 is 11.1 Å². The maximum absolute atomic E-state index is 5.61. The minimum atomic E-state index is 0.331. The molecule has 0 saturated carbocycles. The predicted molar refractivity (Wildman–Crippen MR) is 56.0 cm³/mol. The molecule has 1 aromatic heterocycles. The Hall–Kier alpha value is -0.680. The molecule has 1 unspecified atom stereocenters. The Morgan fingerprint density at radius 2 is 2.31 bits per heavy atom. The minimum absolute atomic E-state index is 0.331. The van der Waals surface area contributed by atoms with E-state index in [1.165, 1.54) is 0 Å². The normalized spacial score (nSPS) is 12.8. The van der Waals surface area contributed by atoms with Crippen LogP contribution in [0.3, 0.4) is 0 Å². The molecule has 13 heavy (non-hydrogen) atoms. The van der Waals surface area contributed by atoms with E-state index in [-0.39, 0.29) is 0 Å². The van der Waals surface area contributed by atoms with Gasteiger partial charge in [0.25, 0.3) is 0 Å². The second-order valence-electron chi connectivity index (χ2n) is 2.99. The van der Waals surface area contributed by atoms with Gasteiger partial charge in [-0.1, -0.05) is 24.7 Å². The monoisotopic (exact) mass is 200 g/mol. The summed E-state index contributed by atoms with van der Waals surface area (Å²) < 4.78 is 0. The van der Waals surface area contributed by atoms with E-state index in [1.54, 1.807) is 11.3 Å². The molecule has 0 aromatic carbocycles. The van der Waals surface area contributed by atoms with Crippen LogP contribution in [0.4, 0.5) is 5.13 Å². The third-order valence-corrected chi connectivity index (χ3v) is 2.55. The van der Waals surface area contributed by atoms with Gasteiger partial charge in [0.2, 0.25) is 5.13 Å². The quantitative estimate of drug-likeness (QED) is 0.754. The van der Waals surface area contributed by atoms with E-state index >= 15 is 0 Å². The Bertz CT molecular complexity index is 248. The molecule has 1 atom stereocenters. The number of anilines is 1. The lowest BCUT2D eigenvalue weighted by Crippen LogP contribution is -2.28. The molecule has 0 spiro atoms. The molecule has 1 heterocycles. The molecule has 0 saturated heterocycles. The van der Waals surface area contributed by atoms with E-state index in [0.29, 0.717) is 12.6 Å². The second-order valence-corrected chi connectivity index (χ2v) is 4.17. The van der Waals surface area contributed by atoms with E-state index in [0.717, 1.165) is 23.0 Å². The van der Waals surface area contributed by atoms with E-state index in [1.807, 2.05) is 6.92 Å². The number of hydrogen-bond acceptors (Lipinski definition) is 5. The number of nitrogens with two attached hydrogens (primary N) is 1. The maximum Gasteiger partial charge on any atom is 0.205 e. The summed E-state index contributed by atoms with van der Waals surface area (Å²) in [7, 11) is 0. The number of nitrogens with zero attached hydrogens (tertiary/aromatic N) is 2. The van der Waals surface area contributed by atoms with Crippen molar-refractivity contribution in [3.05, 3.63) is 5.01 Å². The standard InChI is InChI=1S/C8H16N4S/c1-3-4-7(5-9)10-8-12-11-6(2)13-8/h7H,3-5,9H2,1-2H3,(H,10,12). The van der Waals surface area contributed by atoms with Gasteiger partial charge in [0.15, 0.2) is 0 Å². The first-order chi connectivity index (χ1) is 6.26. The second kappa shape index (κ2) is 5.14. The van der Waals surface area contributed by atoms with Crippen LogP contribution in [-0.2, 0) is 0 Å². The van der Waals surface area contributed by atoms with Crippen LogP contribution in [0.25, 0.3) is 0 Å². The molecule has 0 aliphatic rings. The molecule has 1 rings (SSSR count). The fourth-order valence-corrected chi connectivity index (χ4v) is 1.80. The van der Waals surface area contributed by atoms with Gasteiger partial charge in [-0.3, -0.25) is 0 Å². The van der Waals surface area contributed by atoms with Gasteiger partial charge in [-0.2, -0.15) is 0 Å². The third kappa shape index (κ3) is 3.28. The van der Waals surface area contributed by atoms with Crippen molar-refractivity contribution >= 4 is 16.5 Å². The summed E-state index contributed by atoms with van der Waals surface area (Å²) in [6.07, 6.45) is 2.21. The van der Waals surface area contributed by atoms with E-state index in [4.69, 9.17) is 5.73 Å². The lowest BCUT2D eigenvalue weighted by atomic mass is 10.2. The first-order valence-corrected chi connectivity index (χ1v) is 5.34. The molecule has 1 aromatic rings. The highest BCUT2D eigenvalue weighted by Gasteiger charge is 2.07. The smallest absolute Gasteiger partial charge is 0.205 e. The molecule has 0 aliphatic heterocycles. The van der Waals surface area contributed by atoms with E-state index in [2.05, 4.69) is 22.4 Å². The zero-order valence-corrected chi connectivity index (χ0v) is 8.90. The first kappa shape index (κ1) is 10.4. The van der Waals surface area contributed by atoms with Crippen molar-refractivity contribution in [3.63, 3.8) is 0 Å². The largest absolute Gasteiger partial charge is 0.356 e. The molecular formula is C8H16N4S. The highest BCUT2D eigenvalue weighted by Crippen LogP contribution is 2.15. The van der Waals surface area contributed by atoms with Crippen molar-refractivity contribution in [2.45, 2.75) is 32.7 Å². The Labute approximate surface area is 82.6 Å². The highest BCUT2D eigenvalue weighted by atomic mass is 32.1. The number of aryl methyl sites for hydroxylation is 1. The summed E-state index contributed by atoms with van der Waals surface area (Å²) in [6.45, 7) is 4.74. The number of rotatable bonds is 5. The molecule has 0 bridgehead atoms. The van der Waals surface area contributed by atoms with Crippen molar-refractivity contribution in [2.24, 2.45) is 5.73 Å². The zero-order chi connectivity index (χ0) is 9.68. The molecule has 0 aliphatic carbocycles. The van der Waals surface area contributed by atoms with Crippen molar-refractivity contribution in [1.29, 1.82) is 0 Å². The average molecular weight is 200 g/mol. The fraction of sp³-hybridized carbons (Fsp3) is 0.750. The van der Waals surface area contributed by atoms with Crippen LogP contribution in [0.2, 0.25) is 0 Å². The van der Waals surface area contributed by atoms with Crippen LogP contribution >= 0.6 is 11.3 Å². The van der Waals surface area contributed by atoms with Crippen LogP contribution in [0.1, 0.15) is 24.8 Å². The zero-order valence-electron chi connectivity index (χ0n) is 8.08. The lowest BCUT2D eigenvalue weighted by molar-refractivity contribution is 0.647. The molecule has 0 radical (unpaired) electrons. The number of aromatic nitrogens is 2. The van der Waals surface area contributed by atoms with Gasteiger partial charge >= 0.3 is 0 Å². The highest BCUT2D eigenvalue weighted by molar-refractivity contribution is 7.15. The number of hydrogen-bond donors (Lipinski definition) is 2. The van der Waals surface area contributed by atoms with Crippen LogP contribution in [0.15, 0.2) is 0 Å². The van der Waals surface area contributed by atoms with Crippen molar-refractivity contribution in [3.8, 4) is 0 Å². The summed E-state index contributed by atoms with van der Waals surface area (Å²) in [5.41, 5.74) is 5.61. The van der Waals surface area contributed by atoms with Gasteiger partial charge in [-0.15, -0.1) is 10.2 Å². The Balaban J connectivity index is 2.46. The average Bonchev–Trinajstić information content (AvgIpc) is 2.50. The van der Waals surface area contributed by atoms with Gasteiger partial charge in [0.1, 0.15) is 5.01 Å². The van der Waals surface area contributed by atoms with Gasteiger partial charge in [0.05, 0.1) is 0 Å². The van der Waals surface area contributed by atoms with Crippen molar-refractivity contribution in [2.75, 3.05) is 11.9 Å². The molecule has 0 fully saturated rings. The molecule has 0 amide bonds. The topological polar surface area (TPSA) is 63.8 Å². The maximum atomic E-state index is 5.61. The van der Waals surface area contributed by atoms with E-state index < -0.39 is 0 Å². The van der Waals surface area contributed by atoms with E-state index in [9.17, 15) is 0 Å². The molecule has 74 valence electrons. The van der Waals surface area contributed by atoms with Crippen LogP contribution in [-0.4, -0.2) is 22.8 Å². The van der Waals surface area contributed by atoms with Crippen molar-refractivity contribution < 1.29 is 0 Å². The van der Waals surface area contributed by atoms with Gasteiger partial charge in [0, 0.05) is 12.6 Å². The first-order valence-electron chi connectivity index (χ1n) is 4.53. The van der Waals surface area contributed by atoms with Crippen LogP contribution in [0.5, 0.6) is 0 Å². The Morgan fingerprint density at radius 1 is 1.54 bits per heavy atom. The number of nitrogens with one attached hydrogen (secondary N) is 1. The summed E-state index contributed by atoms with van der Waals surface area (Å²) >= 11 is 1.57. The molecular weight excluding hydrogens is 184 g/mol. The molecule has 3 N–H and O–H groups in total. The molecule has 4 nitrogen and oxygen atoms in total. The van der Waals surface area contributed by atoms with Gasteiger partial charge in [-0.25, -0.2) is 0 Å². The van der Waals surface area contributed by atoms with Crippen molar-refractivity contribution in [1.82, 2.24) is 10.2 Å². The predicted octanol–water partition coefficient (Wildman–Crippen LogP) is 1.39. The third-order valence-electron chi connectivity index (χ3n) is 1.78. The summed E-state index contributed by atoms with van der Waals surface area (Å²) in [5.74, 6) is 0. The Morgan fingerprint density at radius 3 is 2.77 bits per heavy atom. The van der Waals surface area contributed by atoms with Gasteiger partial charge in [-0.05, 0) is 13.3 Å². The fourth-order valence-electron chi connectivity index (χ4n) is 1.13.